The van der Waals surface area contributed by atoms with Crippen LogP contribution in [0.5, 0.6) is 0 Å². The molecule has 1 aliphatic rings. The van der Waals surface area contributed by atoms with Crippen molar-refractivity contribution in [2.24, 2.45) is 5.92 Å². The van der Waals surface area contributed by atoms with Crippen molar-refractivity contribution in [1.82, 2.24) is 20.2 Å². The zero-order valence-electron chi connectivity index (χ0n) is 13.4. The van der Waals surface area contributed by atoms with Gasteiger partial charge in [0.2, 0.25) is 0 Å². The molecule has 0 aliphatic heterocycles. The molecule has 3 aromatic rings. The average molecular weight is 330 g/mol. The van der Waals surface area contributed by atoms with E-state index >= 15 is 0 Å². The zero-order valence-corrected chi connectivity index (χ0v) is 13.4. The molecule has 0 saturated carbocycles. The maximum absolute atomic E-state index is 12.9. The van der Waals surface area contributed by atoms with Crippen LogP contribution in [0.2, 0.25) is 0 Å². The summed E-state index contributed by atoms with van der Waals surface area (Å²) in [5.74, 6) is -0.880. The smallest absolute Gasteiger partial charge is 0.178 e. The number of rotatable bonds is 3. The minimum atomic E-state index is -0.919. The molecule has 0 spiro atoms. The number of H-pyrrole nitrogens is 1. The van der Waals surface area contributed by atoms with Crippen LogP contribution < -0.4 is 0 Å². The summed E-state index contributed by atoms with van der Waals surface area (Å²) in [6, 6.07) is 10.6. The Labute approximate surface area is 143 Å². The Bertz CT molecular complexity index is 954. The summed E-state index contributed by atoms with van der Waals surface area (Å²) in [6.45, 7) is 1.93. The van der Waals surface area contributed by atoms with Crippen molar-refractivity contribution < 1.29 is 9.59 Å². The van der Waals surface area contributed by atoms with Gasteiger partial charge in [-0.1, -0.05) is 30.3 Å². The lowest BCUT2D eigenvalue weighted by atomic mass is 9.90. The summed E-state index contributed by atoms with van der Waals surface area (Å²) >= 11 is 0. The first-order valence-electron chi connectivity index (χ1n) is 7.82. The van der Waals surface area contributed by atoms with Gasteiger partial charge in [0, 0.05) is 22.9 Å². The fourth-order valence-corrected chi connectivity index (χ4v) is 3.00. The molecule has 0 amide bonds. The third-order valence-corrected chi connectivity index (χ3v) is 4.23. The highest BCUT2D eigenvalue weighted by atomic mass is 16.2. The molecule has 0 radical (unpaired) electrons. The molecule has 6 heteroatoms. The predicted octanol–water partition coefficient (Wildman–Crippen LogP) is 2.74. The van der Waals surface area contributed by atoms with Gasteiger partial charge in [0.05, 0.1) is 5.69 Å². The molecule has 1 aliphatic carbocycles. The van der Waals surface area contributed by atoms with Gasteiger partial charge in [-0.2, -0.15) is 5.10 Å². The van der Waals surface area contributed by atoms with Crippen molar-refractivity contribution in [3.8, 4) is 0 Å². The van der Waals surface area contributed by atoms with Crippen LogP contribution in [-0.2, 0) is 0 Å². The maximum atomic E-state index is 12.9. The van der Waals surface area contributed by atoms with E-state index in [1.807, 2.05) is 13.0 Å². The minimum absolute atomic E-state index is 0.214. The number of allylic oxidation sites excluding steroid dienone is 1. The van der Waals surface area contributed by atoms with Crippen LogP contribution in [0.4, 0.5) is 0 Å². The van der Waals surface area contributed by atoms with E-state index in [4.69, 9.17) is 0 Å². The molecule has 122 valence electrons. The molecular weight excluding hydrogens is 316 g/mol. The summed E-state index contributed by atoms with van der Waals surface area (Å²) in [5.41, 5.74) is 2.99. The standard InChI is InChI=1S/C19H14N4O2/c1-11-6-7-15(20-9-11)14(8-16-21-10-22-23-16)17-18(24)12-4-2-3-5-13(12)19(17)25/h2-10,17H,1H3,(H,21,22,23)/b14-8+. The summed E-state index contributed by atoms with van der Waals surface area (Å²) in [5, 5.41) is 6.55. The Morgan fingerprint density at radius 3 is 2.32 bits per heavy atom. The van der Waals surface area contributed by atoms with Gasteiger partial charge in [-0.25, -0.2) is 4.98 Å². The minimum Gasteiger partial charge on any atom is -0.293 e. The lowest BCUT2D eigenvalue weighted by molar-refractivity contribution is 0.0878. The number of pyridine rings is 1. The number of hydrogen-bond acceptors (Lipinski definition) is 5. The molecule has 0 bridgehead atoms. The van der Waals surface area contributed by atoms with Crippen molar-refractivity contribution in [2.75, 3.05) is 0 Å². The van der Waals surface area contributed by atoms with E-state index in [1.54, 1.807) is 42.6 Å². The monoisotopic (exact) mass is 330 g/mol. The normalized spacial score (nSPS) is 14.8. The molecule has 0 atom stereocenters. The number of benzene rings is 1. The summed E-state index contributed by atoms with van der Waals surface area (Å²) < 4.78 is 0. The van der Waals surface area contributed by atoms with Crippen molar-refractivity contribution >= 4 is 23.2 Å². The maximum Gasteiger partial charge on any atom is 0.178 e. The van der Waals surface area contributed by atoms with Gasteiger partial charge in [0.15, 0.2) is 11.6 Å². The molecule has 0 unspecified atom stereocenters. The third kappa shape index (κ3) is 2.57. The van der Waals surface area contributed by atoms with Gasteiger partial charge in [0.25, 0.3) is 0 Å². The fraction of sp³-hybridized carbons (Fsp3) is 0.105. The molecule has 25 heavy (non-hydrogen) atoms. The van der Waals surface area contributed by atoms with E-state index in [0.717, 1.165) is 5.56 Å². The van der Waals surface area contributed by atoms with Crippen LogP contribution >= 0.6 is 0 Å². The Kier molecular flexibility index (Phi) is 3.57. The summed E-state index contributed by atoms with van der Waals surface area (Å²) in [4.78, 5) is 34.2. The van der Waals surface area contributed by atoms with E-state index in [-0.39, 0.29) is 11.6 Å². The van der Waals surface area contributed by atoms with Crippen molar-refractivity contribution in [1.29, 1.82) is 0 Å². The largest absolute Gasteiger partial charge is 0.293 e. The van der Waals surface area contributed by atoms with Gasteiger partial charge < -0.3 is 0 Å². The Morgan fingerprint density at radius 2 is 1.76 bits per heavy atom. The number of nitrogens with one attached hydrogen (secondary N) is 1. The number of fused-ring (bicyclic) bond motifs is 1. The number of ketones is 2. The van der Waals surface area contributed by atoms with E-state index in [1.165, 1.54) is 6.33 Å². The topological polar surface area (TPSA) is 88.6 Å². The number of aromatic amines is 1. The van der Waals surface area contributed by atoms with E-state index < -0.39 is 5.92 Å². The highest BCUT2D eigenvalue weighted by molar-refractivity contribution is 6.32. The molecule has 1 N–H and O–H groups in total. The molecule has 2 heterocycles. The van der Waals surface area contributed by atoms with Crippen LogP contribution in [0.25, 0.3) is 11.6 Å². The number of hydrogen-bond donors (Lipinski definition) is 1. The van der Waals surface area contributed by atoms with Gasteiger partial charge in [0.1, 0.15) is 18.1 Å². The molecule has 1 aromatic carbocycles. The first kappa shape index (κ1) is 15.1. The Hall–Kier alpha value is -3.41. The van der Waals surface area contributed by atoms with Gasteiger partial charge in [-0.05, 0) is 24.6 Å². The summed E-state index contributed by atoms with van der Waals surface area (Å²) in [7, 11) is 0. The first-order valence-corrected chi connectivity index (χ1v) is 7.82. The highest BCUT2D eigenvalue weighted by Gasteiger charge is 2.41. The van der Waals surface area contributed by atoms with Crippen LogP contribution in [0.1, 0.15) is 37.8 Å². The number of carbonyl (C=O) groups is 2. The van der Waals surface area contributed by atoms with Crippen molar-refractivity contribution in [3.05, 3.63) is 77.1 Å². The van der Waals surface area contributed by atoms with E-state index in [2.05, 4.69) is 20.2 Å². The first-order chi connectivity index (χ1) is 12.1. The van der Waals surface area contributed by atoms with Crippen LogP contribution in [0.15, 0.2) is 48.9 Å². The van der Waals surface area contributed by atoms with Gasteiger partial charge in [-0.3, -0.25) is 19.7 Å². The third-order valence-electron chi connectivity index (χ3n) is 4.23. The van der Waals surface area contributed by atoms with Gasteiger partial charge >= 0.3 is 0 Å². The van der Waals surface area contributed by atoms with Crippen LogP contribution in [0.3, 0.4) is 0 Å². The second-order valence-electron chi connectivity index (χ2n) is 5.90. The number of aromatic nitrogens is 4. The number of Topliss-reactive ketones (excluding diaryl/α,β-unsaturated/α-hetero) is 2. The quantitative estimate of drug-likeness (QED) is 0.746. The molecule has 0 fully saturated rings. The molecular formula is C19H14N4O2. The molecule has 2 aromatic heterocycles. The van der Waals surface area contributed by atoms with E-state index in [9.17, 15) is 9.59 Å². The Morgan fingerprint density at radius 1 is 1.04 bits per heavy atom. The fourth-order valence-electron chi connectivity index (χ4n) is 3.00. The van der Waals surface area contributed by atoms with E-state index in [0.29, 0.717) is 28.2 Å². The van der Waals surface area contributed by atoms with Crippen molar-refractivity contribution in [3.63, 3.8) is 0 Å². The molecule has 0 saturated heterocycles. The molecule has 4 rings (SSSR count). The van der Waals surface area contributed by atoms with Crippen LogP contribution in [0, 0.1) is 12.8 Å². The summed E-state index contributed by atoms with van der Waals surface area (Å²) in [6.07, 6.45) is 4.75. The van der Waals surface area contributed by atoms with Crippen LogP contribution in [-0.4, -0.2) is 31.7 Å². The predicted molar refractivity (Wildman–Crippen MR) is 91.8 cm³/mol. The highest BCUT2D eigenvalue weighted by Crippen LogP contribution is 2.36. The number of aryl methyl sites for hydroxylation is 1. The lowest BCUT2D eigenvalue weighted by Gasteiger charge is -2.12. The number of nitrogens with zero attached hydrogens (tertiary/aromatic N) is 3. The molecule has 6 nitrogen and oxygen atoms in total. The van der Waals surface area contributed by atoms with Crippen molar-refractivity contribution in [2.45, 2.75) is 6.92 Å². The Balaban J connectivity index is 1.86. The second kappa shape index (κ2) is 5.90. The zero-order chi connectivity index (χ0) is 17.4. The lowest BCUT2D eigenvalue weighted by Crippen LogP contribution is -2.18. The van der Waals surface area contributed by atoms with Gasteiger partial charge in [-0.15, -0.1) is 0 Å². The second-order valence-corrected chi connectivity index (χ2v) is 5.90. The number of carbonyl (C=O) groups excluding carboxylic acids is 2. The average Bonchev–Trinajstić information content (AvgIpc) is 3.22. The SMILES string of the molecule is Cc1ccc(/C(=C\c2ncn[nH]2)C2C(=O)c3ccccc3C2=O)nc1.